The van der Waals surface area contributed by atoms with Crippen LogP contribution in [0.1, 0.15) is 450 Å². The number of ether oxygens (including phenoxy) is 3. The van der Waals surface area contributed by atoms with Crippen LogP contribution in [0.25, 0.3) is 0 Å². The molecule has 0 aromatic heterocycles. The number of benzene rings is 1. The fraction of sp³-hybridized carbons (Fsp3) is 0.911. The Morgan fingerprint density at radius 2 is 0.329 bits per heavy atom. The lowest BCUT2D eigenvalue weighted by molar-refractivity contribution is 0.234. The highest BCUT2D eigenvalue weighted by atomic mass is 16.5. The summed E-state index contributed by atoms with van der Waals surface area (Å²) in [6.07, 6.45) is 93.0. The van der Waals surface area contributed by atoms with Crippen molar-refractivity contribution in [1.29, 1.82) is 0 Å². The van der Waals surface area contributed by atoms with Gasteiger partial charge in [0.2, 0.25) is 5.75 Å². The van der Waals surface area contributed by atoms with E-state index in [4.69, 9.17) is 14.2 Å². The summed E-state index contributed by atoms with van der Waals surface area (Å²) in [5.41, 5.74) is 0.949. The average Bonchev–Trinajstić information content (AvgIpc) is 3.51. The quantitative estimate of drug-likeness (QED) is 0.0609. The zero-order valence-electron chi connectivity index (χ0n) is 56.9. The zero-order valence-corrected chi connectivity index (χ0v) is 56.9. The molecule has 485 valence electrons. The fourth-order valence-electron chi connectivity index (χ4n) is 12.7. The van der Waals surface area contributed by atoms with E-state index >= 15 is 0 Å². The summed E-state index contributed by atoms with van der Waals surface area (Å²) in [7, 11) is 0. The van der Waals surface area contributed by atoms with E-state index in [9.17, 15) is 0 Å². The van der Waals surface area contributed by atoms with Gasteiger partial charge in [-0.1, -0.05) is 425 Å². The van der Waals surface area contributed by atoms with Gasteiger partial charge in [-0.2, -0.15) is 0 Å². The van der Waals surface area contributed by atoms with E-state index in [1.165, 1.54) is 405 Å². The number of hydrogen-bond donors (Lipinski definition) is 0. The number of unbranched alkanes of at least 4 members (excludes halogenated alkanes) is 63. The highest BCUT2D eigenvalue weighted by Gasteiger charge is 2.15. The third-order valence-corrected chi connectivity index (χ3v) is 18.3. The molecule has 0 aliphatic rings. The molecule has 82 heavy (non-hydrogen) atoms. The van der Waals surface area contributed by atoms with Crippen LogP contribution in [0.2, 0.25) is 0 Å². The van der Waals surface area contributed by atoms with Crippen LogP contribution in [0.5, 0.6) is 17.2 Å². The highest BCUT2D eigenvalue weighted by Crippen LogP contribution is 2.39. The van der Waals surface area contributed by atoms with Gasteiger partial charge >= 0.3 is 0 Å². The number of rotatable bonds is 72. The molecule has 0 bridgehead atoms. The predicted octanol–water partition coefficient (Wildman–Crippen LogP) is 28.8. The molecule has 0 saturated carbocycles. The average molecular weight is 1150 g/mol. The molecule has 3 heteroatoms. The highest BCUT2D eigenvalue weighted by molar-refractivity contribution is 5.54. The van der Waals surface area contributed by atoms with Gasteiger partial charge in [0.1, 0.15) is 0 Å². The molecule has 0 atom stereocenters. The first-order valence-corrected chi connectivity index (χ1v) is 38.6. The van der Waals surface area contributed by atoms with Gasteiger partial charge in [-0.3, -0.25) is 0 Å². The molecule has 0 fully saturated rings. The van der Waals surface area contributed by atoms with Crippen LogP contribution in [0.15, 0.2) is 12.1 Å². The summed E-state index contributed by atoms with van der Waals surface area (Å²) >= 11 is 0. The standard InChI is InChI=1S/C79H151O3/c1-5-8-11-14-17-20-23-26-29-32-35-38-41-44-47-50-53-56-59-62-65-68-71-80-77-74-76(4)75-78(81-72-69-66-63-60-57-54-51-48-45-42-39-36-33-30-27-24-21-18-15-12-9-6-2)79(77)82-73-70-67-64-61-58-55-52-49-46-43-40-37-34-31-28-25-22-19-16-13-10-7-3/h74-75H,4-73H2,1-3H3. The smallest absolute Gasteiger partial charge is 0.203 e. The van der Waals surface area contributed by atoms with Crippen molar-refractivity contribution in [3.8, 4) is 17.2 Å². The summed E-state index contributed by atoms with van der Waals surface area (Å²) in [6, 6.07) is 4.16. The van der Waals surface area contributed by atoms with Crippen molar-refractivity contribution < 1.29 is 14.2 Å². The van der Waals surface area contributed by atoms with Gasteiger partial charge in [-0.05, 0) is 43.9 Å². The molecule has 0 N–H and O–H groups in total. The van der Waals surface area contributed by atoms with Crippen molar-refractivity contribution in [2.24, 2.45) is 0 Å². The molecule has 0 saturated heterocycles. The van der Waals surface area contributed by atoms with Crippen LogP contribution < -0.4 is 14.2 Å². The van der Waals surface area contributed by atoms with Crippen molar-refractivity contribution in [3.63, 3.8) is 0 Å². The molecule has 1 aromatic rings. The first kappa shape index (κ1) is 78.6. The van der Waals surface area contributed by atoms with Gasteiger partial charge in [-0.15, -0.1) is 0 Å². The van der Waals surface area contributed by atoms with E-state index in [1.54, 1.807) is 0 Å². The van der Waals surface area contributed by atoms with E-state index in [1.807, 2.05) is 0 Å². The van der Waals surface area contributed by atoms with Crippen molar-refractivity contribution in [3.05, 3.63) is 24.6 Å². The third kappa shape index (κ3) is 59.0. The van der Waals surface area contributed by atoms with Gasteiger partial charge in [0.05, 0.1) is 19.8 Å². The van der Waals surface area contributed by atoms with Crippen LogP contribution in [0.4, 0.5) is 0 Å². The van der Waals surface area contributed by atoms with Crippen molar-refractivity contribution in [2.45, 2.75) is 445 Å². The molecule has 0 aliphatic carbocycles. The minimum Gasteiger partial charge on any atom is -0.490 e. The lowest BCUT2D eigenvalue weighted by Gasteiger charge is -2.18. The Labute approximate surface area is 517 Å². The van der Waals surface area contributed by atoms with E-state index in [0.717, 1.165) is 61.9 Å². The van der Waals surface area contributed by atoms with Crippen molar-refractivity contribution in [1.82, 2.24) is 0 Å². The molecule has 1 rings (SSSR count). The van der Waals surface area contributed by atoms with E-state index < -0.39 is 0 Å². The zero-order chi connectivity index (χ0) is 58.6. The Hall–Kier alpha value is -1.38. The monoisotopic (exact) mass is 1150 g/mol. The Kier molecular flexibility index (Phi) is 65.9. The molecule has 0 aliphatic heterocycles. The second-order valence-electron chi connectivity index (χ2n) is 26.7. The Morgan fingerprint density at radius 3 is 0.488 bits per heavy atom. The van der Waals surface area contributed by atoms with Crippen LogP contribution in [0.3, 0.4) is 0 Å². The molecular weight excluding hydrogens is 997 g/mol. The second-order valence-corrected chi connectivity index (χ2v) is 26.7. The SMILES string of the molecule is [CH2]c1cc(OCCCCCCCCCCCCCCCCCCCCCCCC)c(OCCCCCCCCCCCCCCCCCCCCCCCC)c(OCCCCCCCCCCCCCCCCCCCCCCCC)c1. The minimum absolute atomic E-state index is 0.723. The molecular formula is C79H151O3. The Balaban J connectivity index is 2.29. The first-order valence-electron chi connectivity index (χ1n) is 38.6. The maximum Gasteiger partial charge on any atom is 0.203 e. The molecule has 0 unspecified atom stereocenters. The lowest BCUT2D eigenvalue weighted by atomic mass is 10.0. The van der Waals surface area contributed by atoms with Crippen LogP contribution in [-0.2, 0) is 0 Å². The molecule has 1 radical (unpaired) electrons. The van der Waals surface area contributed by atoms with E-state index in [0.29, 0.717) is 0 Å². The topological polar surface area (TPSA) is 27.7 Å². The maximum absolute atomic E-state index is 6.59. The summed E-state index contributed by atoms with van der Waals surface area (Å²) in [5.74, 6) is 2.48. The first-order chi connectivity index (χ1) is 40.7. The van der Waals surface area contributed by atoms with Gasteiger partial charge in [-0.25, -0.2) is 0 Å². The molecule has 0 spiro atoms. The summed E-state index contributed by atoms with van der Waals surface area (Å²) in [5, 5.41) is 0. The van der Waals surface area contributed by atoms with Crippen molar-refractivity contribution >= 4 is 0 Å². The van der Waals surface area contributed by atoms with Gasteiger partial charge in [0, 0.05) is 0 Å². The molecule has 1 aromatic carbocycles. The lowest BCUT2D eigenvalue weighted by Crippen LogP contribution is -2.06. The molecule has 0 amide bonds. The maximum atomic E-state index is 6.59. The summed E-state index contributed by atoms with van der Waals surface area (Å²) in [6.45, 7) is 13.5. The number of hydrogen-bond acceptors (Lipinski definition) is 3. The Morgan fingerprint density at radius 1 is 0.195 bits per heavy atom. The van der Waals surface area contributed by atoms with Gasteiger partial charge in [0.15, 0.2) is 11.5 Å². The molecule has 3 nitrogen and oxygen atoms in total. The van der Waals surface area contributed by atoms with Crippen molar-refractivity contribution in [2.75, 3.05) is 19.8 Å². The van der Waals surface area contributed by atoms with E-state index in [-0.39, 0.29) is 0 Å². The summed E-state index contributed by atoms with van der Waals surface area (Å²) < 4.78 is 19.6. The Bertz CT molecular complexity index is 1250. The summed E-state index contributed by atoms with van der Waals surface area (Å²) in [4.78, 5) is 0. The normalized spacial score (nSPS) is 11.6. The third-order valence-electron chi connectivity index (χ3n) is 18.3. The van der Waals surface area contributed by atoms with Crippen LogP contribution in [-0.4, -0.2) is 19.8 Å². The fourth-order valence-corrected chi connectivity index (χ4v) is 12.7. The predicted molar refractivity (Wildman–Crippen MR) is 369 cm³/mol. The molecule has 0 heterocycles. The van der Waals surface area contributed by atoms with Crippen LogP contribution >= 0.6 is 0 Å². The van der Waals surface area contributed by atoms with Gasteiger partial charge < -0.3 is 14.2 Å². The van der Waals surface area contributed by atoms with Crippen LogP contribution in [0, 0.1) is 6.92 Å². The minimum atomic E-state index is 0.723. The largest absolute Gasteiger partial charge is 0.490 e. The second kappa shape index (κ2) is 68.7. The van der Waals surface area contributed by atoms with Gasteiger partial charge in [0.25, 0.3) is 0 Å². The van der Waals surface area contributed by atoms with E-state index in [2.05, 4.69) is 39.8 Å².